The van der Waals surface area contributed by atoms with Gasteiger partial charge in [-0.2, -0.15) is 0 Å². The number of ether oxygens (including phenoxy) is 2. The number of benzene rings is 2. The van der Waals surface area contributed by atoms with E-state index >= 15 is 0 Å². The molecule has 0 fully saturated rings. The van der Waals surface area contributed by atoms with Crippen molar-refractivity contribution in [2.75, 3.05) is 21.2 Å². The molecule has 0 N–H and O–H groups in total. The van der Waals surface area contributed by atoms with E-state index in [0.29, 0.717) is 11.1 Å². The normalized spacial score (nSPS) is 12.5. The Balaban J connectivity index is 2.40. The van der Waals surface area contributed by atoms with E-state index in [9.17, 15) is 18.0 Å². The Labute approximate surface area is 158 Å². The van der Waals surface area contributed by atoms with Gasteiger partial charge in [0, 0.05) is 19.7 Å². The van der Waals surface area contributed by atoms with Crippen molar-refractivity contribution in [3.05, 3.63) is 65.2 Å². The van der Waals surface area contributed by atoms with Gasteiger partial charge in [0.05, 0.1) is 17.6 Å². The van der Waals surface area contributed by atoms with Crippen molar-refractivity contribution in [2.45, 2.75) is 17.9 Å². The molecule has 0 radical (unpaired) electrons. The van der Waals surface area contributed by atoms with Crippen LogP contribution in [-0.4, -0.2) is 45.9 Å². The highest BCUT2D eigenvalue weighted by Gasteiger charge is 2.28. The summed E-state index contributed by atoms with van der Waals surface area (Å²) in [5, 5.41) is 0. The van der Waals surface area contributed by atoms with Crippen LogP contribution in [0.1, 0.15) is 27.6 Å². The molecule has 0 saturated carbocycles. The first-order valence-corrected chi connectivity index (χ1v) is 9.49. The first-order chi connectivity index (χ1) is 12.7. The molecule has 0 bridgehead atoms. The molecule has 7 nitrogen and oxygen atoms in total. The van der Waals surface area contributed by atoms with Gasteiger partial charge in [0.1, 0.15) is 0 Å². The molecule has 2 rings (SSSR count). The number of hydrogen-bond acceptors (Lipinski definition) is 6. The van der Waals surface area contributed by atoms with E-state index in [-0.39, 0.29) is 10.5 Å². The van der Waals surface area contributed by atoms with Crippen LogP contribution in [0.4, 0.5) is 0 Å². The smallest absolute Gasteiger partial charge is 0.351 e. The van der Waals surface area contributed by atoms with Crippen LogP contribution in [0.5, 0.6) is 0 Å². The van der Waals surface area contributed by atoms with Gasteiger partial charge in [0.25, 0.3) is 0 Å². The molecule has 2 aromatic carbocycles. The predicted octanol–water partition coefficient (Wildman–Crippen LogP) is 2.32. The molecule has 0 aliphatic rings. The van der Waals surface area contributed by atoms with Gasteiger partial charge in [-0.25, -0.2) is 22.3 Å². The van der Waals surface area contributed by atoms with Crippen LogP contribution in [0.25, 0.3) is 0 Å². The second-order valence-electron chi connectivity index (χ2n) is 5.98. The molecule has 2 aromatic rings. The van der Waals surface area contributed by atoms with E-state index in [0.717, 1.165) is 4.31 Å². The number of rotatable bonds is 6. The van der Waals surface area contributed by atoms with Crippen LogP contribution in [0.2, 0.25) is 0 Å². The average molecular weight is 391 g/mol. The van der Waals surface area contributed by atoms with Crippen LogP contribution in [0, 0.1) is 6.92 Å². The minimum absolute atomic E-state index is 0.0422. The Morgan fingerprint density at radius 1 is 1.04 bits per heavy atom. The summed E-state index contributed by atoms with van der Waals surface area (Å²) in [7, 11) is 0.276. The maximum atomic E-state index is 12.7. The summed E-state index contributed by atoms with van der Waals surface area (Å²) in [6.45, 7) is 1.65. The highest BCUT2D eigenvalue weighted by molar-refractivity contribution is 7.89. The highest BCUT2D eigenvalue weighted by Crippen LogP contribution is 2.24. The Hall–Kier alpha value is -2.71. The largest absolute Gasteiger partial charge is 0.466 e. The van der Waals surface area contributed by atoms with Crippen LogP contribution in [0.3, 0.4) is 0 Å². The van der Waals surface area contributed by atoms with Crippen LogP contribution in [0.15, 0.2) is 53.4 Å². The summed E-state index contributed by atoms with van der Waals surface area (Å²) in [6, 6.07) is 12.6. The lowest BCUT2D eigenvalue weighted by atomic mass is 10.1. The molecule has 0 aliphatic heterocycles. The third-order valence-electron chi connectivity index (χ3n) is 3.95. The monoisotopic (exact) mass is 391 g/mol. The zero-order valence-electron chi connectivity index (χ0n) is 15.5. The van der Waals surface area contributed by atoms with E-state index in [4.69, 9.17) is 9.47 Å². The van der Waals surface area contributed by atoms with Gasteiger partial charge in [0.15, 0.2) is 0 Å². The predicted molar refractivity (Wildman–Crippen MR) is 98.7 cm³/mol. The number of aryl methyl sites for hydroxylation is 1. The minimum atomic E-state index is -3.72. The molecule has 27 heavy (non-hydrogen) atoms. The standard InChI is InChI=1S/C19H21NO6S/c1-13-10-11-15(27(23,24)20(2)3)12-16(13)18(21)26-17(19(22)25-4)14-8-6-5-7-9-14/h5-12,17H,1-4H3. The molecule has 8 heteroatoms. The molecule has 144 valence electrons. The number of methoxy groups -OCH3 is 1. The van der Waals surface area contributed by atoms with Gasteiger partial charge in [-0.15, -0.1) is 0 Å². The summed E-state index contributed by atoms with van der Waals surface area (Å²) in [4.78, 5) is 24.7. The van der Waals surface area contributed by atoms with Crippen molar-refractivity contribution in [3.8, 4) is 0 Å². The van der Waals surface area contributed by atoms with Gasteiger partial charge >= 0.3 is 11.9 Å². The summed E-state index contributed by atoms with van der Waals surface area (Å²) in [6.07, 6.45) is -1.25. The lowest BCUT2D eigenvalue weighted by Crippen LogP contribution is -2.24. The molecule has 1 atom stereocenters. The fraction of sp³-hybridized carbons (Fsp3) is 0.263. The molecular weight excluding hydrogens is 370 g/mol. The van der Waals surface area contributed by atoms with Crippen LogP contribution < -0.4 is 0 Å². The zero-order valence-corrected chi connectivity index (χ0v) is 16.3. The third-order valence-corrected chi connectivity index (χ3v) is 5.76. The van der Waals surface area contributed by atoms with E-state index < -0.39 is 28.1 Å². The first-order valence-electron chi connectivity index (χ1n) is 8.05. The third kappa shape index (κ3) is 4.53. The molecule has 0 amide bonds. The summed E-state index contributed by atoms with van der Waals surface area (Å²) >= 11 is 0. The van der Waals surface area contributed by atoms with Gasteiger partial charge < -0.3 is 9.47 Å². The Morgan fingerprint density at radius 2 is 1.67 bits per heavy atom. The van der Waals surface area contributed by atoms with Crippen molar-refractivity contribution >= 4 is 22.0 Å². The van der Waals surface area contributed by atoms with Crippen molar-refractivity contribution < 1.29 is 27.5 Å². The fourth-order valence-electron chi connectivity index (χ4n) is 2.35. The second-order valence-corrected chi connectivity index (χ2v) is 8.14. The highest BCUT2D eigenvalue weighted by atomic mass is 32.2. The lowest BCUT2D eigenvalue weighted by molar-refractivity contribution is -0.151. The molecular formula is C19H21NO6S. The Morgan fingerprint density at radius 3 is 2.22 bits per heavy atom. The minimum Gasteiger partial charge on any atom is -0.466 e. The Bertz CT molecular complexity index is 938. The first kappa shape index (κ1) is 20.6. The number of nitrogens with zero attached hydrogens (tertiary/aromatic N) is 1. The van der Waals surface area contributed by atoms with Crippen molar-refractivity contribution in [1.82, 2.24) is 4.31 Å². The van der Waals surface area contributed by atoms with E-state index in [1.54, 1.807) is 37.3 Å². The fourth-order valence-corrected chi connectivity index (χ4v) is 3.28. The zero-order chi connectivity index (χ0) is 20.2. The van der Waals surface area contributed by atoms with E-state index in [1.807, 2.05) is 0 Å². The summed E-state index contributed by atoms with van der Waals surface area (Å²) in [5.74, 6) is -1.55. The van der Waals surface area contributed by atoms with Gasteiger partial charge in [-0.3, -0.25) is 0 Å². The van der Waals surface area contributed by atoms with Gasteiger partial charge in [0.2, 0.25) is 16.1 Å². The summed E-state index contributed by atoms with van der Waals surface area (Å²) < 4.78 is 35.8. The number of hydrogen-bond donors (Lipinski definition) is 0. The Kier molecular flexibility index (Phi) is 6.35. The molecule has 0 aromatic heterocycles. The molecule has 0 spiro atoms. The summed E-state index contributed by atoms with van der Waals surface area (Å²) in [5.41, 5.74) is 1.03. The number of esters is 2. The van der Waals surface area contributed by atoms with E-state index in [1.165, 1.54) is 39.4 Å². The molecule has 0 saturated heterocycles. The maximum Gasteiger partial charge on any atom is 0.351 e. The topological polar surface area (TPSA) is 90.0 Å². The number of carbonyl (C=O) groups is 2. The van der Waals surface area contributed by atoms with Crippen LogP contribution in [-0.2, 0) is 24.3 Å². The number of carbonyl (C=O) groups excluding carboxylic acids is 2. The van der Waals surface area contributed by atoms with Gasteiger partial charge in [-0.05, 0) is 24.6 Å². The van der Waals surface area contributed by atoms with Crippen LogP contribution >= 0.6 is 0 Å². The van der Waals surface area contributed by atoms with Crippen molar-refractivity contribution in [2.24, 2.45) is 0 Å². The molecule has 1 unspecified atom stereocenters. The number of sulfonamides is 1. The van der Waals surface area contributed by atoms with E-state index in [2.05, 4.69) is 0 Å². The average Bonchev–Trinajstić information content (AvgIpc) is 2.66. The second kappa shape index (κ2) is 8.32. The van der Waals surface area contributed by atoms with Crippen molar-refractivity contribution in [1.29, 1.82) is 0 Å². The maximum absolute atomic E-state index is 12.7. The quantitative estimate of drug-likeness (QED) is 0.702. The SMILES string of the molecule is COC(=O)C(OC(=O)c1cc(S(=O)(=O)N(C)C)ccc1C)c1ccccc1. The van der Waals surface area contributed by atoms with Gasteiger partial charge in [-0.1, -0.05) is 36.4 Å². The van der Waals surface area contributed by atoms with Crippen molar-refractivity contribution in [3.63, 3.8) is 0 Å². The lowest BCUT2D eigenvalue weighted by Gasteiger charge is -2.17. The molecule has 0 aliphatic carbocycles. The molecule has 0 heterocycles.